The fraction of sp³-hybridized carbons (Fsp3) is 0.300. The summed E-state index contributed by atoms with van der Waals surface area (Å²) in [5.41, 5.74) is 6.51. The molecule has 0 bridgehead atoms. The van der Waals surface area contributed by atoms with E-state index in [0.717, 1.165) is 16.9 Å². The number of thiophene rings is 1. The molecule has 1 aromatic heterocycles. The number of methoxy groups -OCH3 is 1. The molecule has 8 heteroatoms. The lowest BCUT2D eigenvalue weighted by atomic mass is 10.2. The Labute approximate surface area is 173 Å². The van der Waals surface area contributed by atoms with Gasteiger partial charge >= 0.3 is 0 Å². The molecule has 0 spiro atoms. The van der Waals surface area contributed by atoms with Crippen LogP contribution in [0.4, 0.5) is 0 Å². The SMILES string of the molecule is CCOc1c(Cl)cc(/C=C/C(=O)NNC(=O)c2cc(C)c(CC)s2)cc1OC. The van der Waals surface area contributed by atoms with Crippen LogP contribution >= 0.6 is 22.9 Å². The van der Waals surface area contributed by atoms with Gasteiger partial charge in [0.15, 0.2) is 11.5 Å². The smallest absolute Gasteiger partial charge is 0.279 e. The van der Waals surface area contributed by atoms with E-state index in [1.54, 1.807) is 18.2 Å². The van der Waals surface area contributed by atoms with Gasteiger partial charge < -0.3 is 9.47 Å². The first-order valence-corrected chi connectivity index (χ1v) is 9.97. The number of rotatable bonds is 7. The summed E-state index contributed by atoms with van der Waals surface area (Å²) in [5.74, 6) is 0.113. The number of aryl methyl sites for hydroxylation is 2. The molecule has 0 atom stereocenters. The second kappa shape index (κ2) is 10.1. The van der Waals surface area contributed by atoms with E-state index in [9.17, 15) is 9.59 Å². The van der Waals surface area contributed by atoms with E-state index < -0.39 is 5.91 Å². The van der Waals surface area contributed by atoms with Crippen LogP contribution in [-0.4, -0.2) is 25.5 Å². The van der Waals surface area contributed by atoms with Crippen LogP contribution in [0.2, 0.25) is 5.02 Å². The third-order valence-corrected chi connectivity index (χ3v) is 5.49. The van der Waals surface area contributed by atoms with E-state index in [4.69, 9.17) is 21.1 Å². The Morgan fingerprint density at radius 2 is 1.96 bits per heavy atom. The van der Waals surface area contributed by atoms with Crippen LogP contribution in [0, 0.1) is 6.92 Å². The third-order valence-electron chi connectivity index (χ3n) is 3.83. The second-order valence-electron chi connectivity index (χ2n) is 5.81. The Balaban J connectivity index is 1.99. The van der Waals surface area contributed by atoms with Crippen molar-refractivity contribution in [3.05, 3.63) is 50.2 Å². The minimum atomic E-state index is -0.471. The number of carbonyl (C=O) groups excluding carboxylic acids is 2. The van der Waals surface area contributed by atoms with Crippen molar-refractivity contribution in [2.45, 2.75) is 27.2 Å². The average Bonchev–Trinajstić information content (AvgIpc) is 3.07. The highest BCUT2D eigenvalue weighted by atomic mass is 35.5. The van der Waals surface area contributed by atoms with E-state index in [2.05, 4.69) is 10.9 Å². The summed E-state index contributed by atoms with van der Waals surface area (Å²) in [6.07, 6.45) is 3.73. The molecule has 0 aliphatic rings. The number of ether oxygens (including phenoxy) is 2. The summed E-state index contributed by atoms with van der Waals surface area (Å²) in [4.78, 5) is 25.8. The molecule has 1 heterocycles. The van der Waals surface area contributed by atoms with Gasteiger partial charge in [-0.05, 0) is 55.7 Å². The number of halogens is 1. The van der Waals surface area contributed by atoms with Crippen LogP contribution in [0.1, 0.15) is 39.5 Å². The number of amides is 2. The molecule has 0 radical (unpaired) electrons. The molecule has 2 amide bonds. The predicted octanol–water partition coefficient (Wildman–Crippen LogP) is 4.15. The minimum absolute atomic E-state index is 0.347. The van der Waals surface area contributed by atoms with Crippen LogP contribution in [0.15, 0.2) is 24.3 Å². The third kappa shape index (κ3) is 5.50. The van der Waals surface area contributed by atoms with Gasteiger partial charge in [0, 0.05) is 11.0 Å². The zero-order chi connectivity index (χ0) is 20.7. The van der Waals surface area contributed by atoms with E-state index in [-0.39, 0.29) is 5.91 Å². The highest BCUT2D eigenvalue weighted by Gasteiger charge is 2.13. The van der Waals surface area contributed by atoms with Crippen molar-refractivity contribution in [2.24, 2.45) is 0 Å². The maximum Gasteiger partial charge on any atom is 0.279 e. The number of nitrogens with one attached hydrogen (secondary N) is 2. The van der Waals surface area contributed by atoms with E-state index in [0.29, 0.717) is 33.6 Å². The Kier molecular flexibility index (Phi) is 7.90. The molecule has 2 N–H and O–H groups in total. The Bertz CT molecular complexity index is 893. The molecular formula is C20H23ClN2O4S. The molecule has 0 aliphatic carbocycles. The van der Waals surface area contributed by atoms with Gasteiger partial charge in [-0.25, -0.2) is 0 Å². The normalized spacial score (nSPS) is 10.8. The molecule has 1 aromatic carbocycles. The molecule has 2 rings (SSSR count). The highest BCUT2D eigenvalue weighted by Crippen LogP contribution is 2.36. The first kappa shape index (κ1) is 21.8. The summed E-state index contributed by atoms with van der Waals surface area (Å²) >= 11 is 7.63. The van der Waals surface area contributed by atoms with Gasteiger partial charge in [0.25, 0.3) is 11.8 Å². The Hall–Kier alpha value is -2.51. The average molecular weight is 423 g/mol. The molecule has 0 saturated heterocycles. The lowest BCUT2D eigenvalue weighted by Crippen LogP contribution is -2.40. The zero-order valence-electron chi connectivity index (χ0n) is 16.2. The fourth-order valence-electron chi connectivity index (χ4n) is 2.50. The Morgan fingerprint density at radius 3 is 2.57 bits per heavy atom. The van der Waals surface area contributed by atoms with Gasteiger partial charge in [0.1, 0.15) is 0 Å². The van der Waals surface area contributed by atoms with E-state index >= 15 is 0 Å². The molecule has 0 fully saturated rings. The zero-order valence-corrected chi connectivity index (χ0v) is 17.8. The van der Waals surface area contributed by atoms with Crippen LogP contribution < -0.4 is 20.3 Å². The number of hydrogen-bond acceptors (Lipinski definition) is 5. The van der Waals surface area contributed by atoms with Crippen LogP contribution in [0.25, 0.3) is 6.08 Å². The highest BCUT2D eigenvalue weighted by molar-refractivity contribution is 7.14. The molecule has 150 valence electrons. The summed E-state index contributed by atoms with van der Waals surface area (Å²) in [6.45, 7) is 6.30. The maximum absolute atomic E-state index is 12.1. The number of hydrogen-bond donors (Lipinski definition) is 2. The summed E-state index contributed by atoms with van der Waals surface area (Å²) in [5, 5.41) is 0.384. The molecule has 2 aromatic rings. The van der Waals surface area contributed by atoms with Crippen molar-refractivity contribution in [2.75, 3.05) is 13.7 Å². The van der Waals surface area contributed by atoms with Gasteiger partial charge in [0.2, 0.25) is 0 Å². The maximum atomic E-state index is 12.1. The standard InChI is InChI=1S/C20H23ClN2O4S/c1-5-16-12(3)9-17(28-16)20(25)23-22-18(24)8-7-13-10-14(21)19(27-6-2)15(11-13)26-4/h7-11H,5-6H2,1-4H3,(H,22,24)(H,23,25)/b8-7+. The summed E-state index contributed by atoms with van der Waals surface area (Å²) in [6, 6.07) is 5.19. The lowest BCUT2D eigenvalue weighted by molar-refractivity contribution is -0.117. The summed E-state index contributed by atoms with van der Waals surface area (Å²) < 4.78 is 10.7. The van der Waals surface area contributed by atoms with Gasteiger partial charge in [-0.3, -0.25) is 20.4 Å². The van der Waals surface area contributed by atoms with E-state index in [1.165, 1.54) is 24.5 Å². The van der Waals surface area contributed by atoms with Crippen LogP contribution in [0.5, 0.6) is 11.5 Å². The van der Waals surface area contributed by atoms with Crippen molar-refractivity contribution >= 4 is 40.8 Å². The van der Waals surface area contributed by atoms with Crippen LogP contribution in [-0.2, 0) is 11.2 Å². The van der Waals surface area contributed by atoms with Crippen molar-refractivity contribution in [1.29, 1.82) is 0 Å². The molecule has 0 aliphatic heterocycles. The predicted molar refractivity (Wildman–Crippen MR) is 112 cm³/mol. The number of benzene rings is 1. The minimum Gasteiger partial charge on any atom is -0.493 e. The molecule has 0 unspecified atom stereocenters. The van der Waals surface area contributed by atoms with Gasteiger partial charge in [-0.1, -0.05) is 18.5 Å². The first-order chi connectivity index (χ1) is 13.4. The van der Waals surface area contributed by atoms with E-state index in [1.807, 2.05) is 26.8 Å². The fourth-order valence-corrected chi connectivity index (χ4v) is 3.78. The van der Waals surface area contributed by atoms with Gasteiger partial charge in [0.05, 0.1) is 23.6 Å². The van der Waals surface area contributed by atoms with Gasteiger partial charge in [-0.2, -0.15) is 0 Å². The van der Waals surface area contributed by atoms with Crippen molar-refractivity contribution in [3.8, 4) is 11.5 Å². The van der Waals surface area contributed by atoms with Crippen molar-refractivity contribution in [1.82, 2.24) is 10.9 Å². The second-order valence-corrected chi connectivity index (χ2v) is 7.36. The number of carbonyl (C=O) groups is 2. The first-order valence-electron chi connectivity index (χ1n) is 8.77. The molecule has 6 nitrogen and oxygen atoms in total. The van der Waals surface area contributed by atoms with Gasteiger partial charge in [-0.15, -0.1) is 11.3 Å². The van der Waals surface area contributed by atoms with Crippen LogP contribution in [0.3, 0.4) is 0 Å². The lowest BCUT2D eigenvalue weighted by Gasteiger charge is -2.11. The molecule has 28 heavy (non-hydrogen) atoms. The van der Waals surface area contributed by atoms with Crippen molar-refractivity contribution < 1.29 is 19.1 Å². The largest absolute Gasteiger partial charge is 0.493 e. The molecular weight excluding hydrogens is 400 g/mol. The Morgan fingerprint density at radius 1 is 1.21 bits per heavy atom. The number of hydrazine groups is 1. The molecule has 0 saturated carbocycles. The topological polar surface area (TPSA) is 76.7 Å². The quantitative estimate of drug-likeness (QED) is 0.519. The monoisotopic (exact) mass is 422 g/mol. The van der Waals surface area contributed by atoms with Crippen molar-refractivity contribution in [3.63, 3.8) is 0 Å². The summed E-state index contributed by atoms with van der Waals surface area (Å²) in [7, 11) is 1.51.